The van der Waals surface area contributed by atoms with Crippen molar-refractivity contribution in [2.75, 3.05) is 19.6 Å². The van der Waals surface area contributed by atoms with E-state index in [9.17, 15) is 4.79 Å². The fourth-order valence-electron chi connectivity index (χ4n) is 1.74. The first-order chi connectivity index (χ1) is 6.09. The molecule has 1 aliphatic rings. The maximum absolute atomic E-state index is 10.6. The standard InChI is InChI=1S/C9H17NO3/c1-7(11)6-10-4-2-8(3-5-10)9(12)13/h7-8,11H,2-6H2,1H3,(H,12,13)/t7-/m0/s1. The number of aliphatic hydroxyl groups excluding tert-OH is 1. The van der Waals surface area contributed by atoms with E-state index in [1.807, 2.05) is 0 Å². The van der Waals surface area contributed by atoms with Crippen LogP contribution in [0.2, 0.25) is 0 Å². The highest BCUT2D eigenvalue weighted by atomic mass is 16.4. The average molecular weight is 187 g/mol. The minimum Gasteiger partial charge on any atom is -0.481 e. The Morgan fingerprint density at radius 2 is 2.08 bits per heavy atom. The van der Waals surface area contributed by atoms with Crippen LogP contribution in [-0.2, 0) is 4.79 Å². The molecule has 2 N–H and O–H groups in total. The summed E-state index contributed by atoms with van der Waals surface area (Å²) >= 11 is 0. The van der Waals surface area contributed by atoms with Gasteiger partial charge in [0.15, 0.2) is 0 Å². The number of nitrogens with zero attached hydrogens (tertiary/aromatic N) is 1. The molecule has 1 heterocycles. The molecule has 1 saturated heterocycles. The van der Waals surface area contributed by atoms with E-state index >= 15 is 0 Å². The number of β-amino-alcohol motifs (C(OH)–C–C–N with tert-alkyl or cyclic N) is 1. The van der Waals surface area contributed by atoms with Crippen molar-refractivity contribution >= 4 is 5.97 Å². The Labute approximate surface area is 78.2 Å². The van der Waals surface area contributed by atoms with Gasteiger partial charge in [0.25, 0.3) is 0 Å². The van der Waals surface area contributed by atoms with Crippen molar-refractivity contribution in [3.05, 3.63) is 0 Å². The minimum atomic E-state index is -0.684. The quantitative estimate of drug-likeness (QED) is 0.661. The average Bonchev–Trinajstić information content (AvgIpc) is 2.04. The summed E-state index contributed by atoms with van der Waals surface area (Å²) in [6, 6.07) is 0. The van der Waals surface area contributed by atoms with Crippen LogP contribution in [-0.4, -0.2) is 46.8 Å². The monoisotopic (exact) mass is 187 g/mol. The number of piperidine rings is 1. The Kier molecular flexibility index (Phi) is 3.69. The van der Waals surface area contributed by atoms with Gasteiger partial charge < -0.3 is 15.1 Å². The molecule has 0 amide bonds. The number of likely N-dealkylation sites (tertiary alicyclic amines) is 1. The summed E-state index contributed by atoms with van der Waals surface area (Å²) in [5.41, 5.74) is 0. The van der Waals surface area contributed by atoms with Crippen molar-refractivity contribution in [1.82, 2.24) is 4.90 Å². The maximum Gasteiger partial charge on any atom is 0.306 e. The summed E-state index contributed by atoms with van der Waals surface area (Å²) < 4.78 is 0. The first-order valence-electron chi connectivity index (χ1n) is 4.73. The Morgan fingerprint density at radius 1 is 1.54 bits per heavy atom. The third-order valence-corrected chi connectivity index (χ3v) is 2.46. The highest BCUT2D eigenvalue weighted by molar-refractivity contribution is 5.70. The molecule has 0 saturated carbocycles. The zero-order valence-corrected chi connectivity index (χ0v) is 7.94. The molecule has 13 heavy (non-hydrogen) atoms. The number of carboxylic acid groups (broad SMARTS) is 1. The van der Waals surface area contributed by atoms with E-state index < -0.39 is 5.97 Å². The smallest absolute Gasteiger partial charge is 0.306 e. The molecule has 1 rings (SSSR count). The van der Waals surface area contributed by atoms with E-state index in [1.54, 1.807) is 6.92 Å². The molecule has 4 nitrogen and oxygen atoms in total. The van der Waals surface area contributed by atoms with Gasteiger partial charge in [-0.3, -0.25) is 4.79 Å². The summed E-state index contributed by atoms with van der Waals surface area (Å²) in [6.45, 7) is 4.00. The number of aliphatic hydroxyl groups is 1. The molecular weight excluding hydrogens is 170 g/mol. The second-order valence-corrected chi connectivity index (χ2v) is 3.76. The van der Waals surface area contributed by atoms with Crippen molar-refractivity contribution in [2.24, 2.45) is 5.92 Å². The summed E-state index contributed by atoms with van der Waals surface area (Å²) in [5.74, 6) is -0.859. The zero-order valence-electron chi connectivity index (χ0n) is 7.94. The molecule has 0 aromatic carbocycles. The molecule has 0 aliphatic carbocycles. The van der Waals surface area contributed by atoms with Gasteiger partial charge in [0.2, 0.25) is 0 Å². The Hall–Kier alpha value is -0.610. The lowest BCUT2D eigenvalue weighted by molar-refractivity contribution is -0.143. The van der Waals surface area contributed by atoms with Crippen molar-refractivity contribution < 1.29 is 15.0 Å². The van der Waals surface area contributed by atoms with Crippen LogP contribution in [0.1, 0.15) is 19.8 Å². The van der Waals surface area contributed by atoms with Gasteiger partial charge >= 0.3 is 5.97 Å². The second-order valence-electron chi connectivity index (χ2n) is 3.76. The van der Waals surface area contributed by atoms with E-state index in [2.05, 4.69) is 4.90 Å². The lowest BCUT2D eigenvalue weighted by Crippen LogP contribution is -2.39. The number of carboxylic acids is 1. The van der Waals surface area contributed by atoms with Crippen molar-refractivity contribution in [2.45, 2.75) is 25.9 Å². The minimum absolute atomic E-state index is 0.176. The van der Waals surface area contributed by atoms with Gasteiger partial charge in [0.05, 0.1) is 12.0 Å². The molecule has 1 aliphatic heterocycles. The van der Waals surface area contributed by atoms with E-state index in [-0.39, 0.29) is 12.0 Å². The van der Waals surface area contributed by atoms with Crippen molar-refractivity contribution in [1.29, 1.82) is 0 Å². The molecule has 0 aromatic heterocycles. The highest BCUT2D eigenvalue weighted by Gasteiger charge is 2.24. The fraction of sp³-hybridized carbons (Fsp3) is 0.889. The molecule has 76 valence electrons. The van der Waals surface area contributed by atoms with Crippen LogP contribution in [0.25, 0.3) is 0 Å². The zero-order chi connectivity index (χ0) is 9.84. The molecular formula is C9H17NO3. The SMILES string of the molecule is C[C@H](O)CN1CCC(C(=O)O)CC1. The Bertz CT molecular complexity index is 174. The van der Waals surface area contributed by atoms with Crippen LogP contribution in [0.5, 0.6) is 0 Å². The van der Waals surface area contributed by atoms with Crippen LogP contribution >= 0.6 is 0 Å². The van der Waals surface area contributed by atoms with Gasteiger partial charge in [0, 0.05) is 6.54 Å². The number of rotatable bonds is 3. The van der Waals surface area contributed by atoms with Crippen LogP contribution in [0, 0.1) is 5.92 Å². The maximum atomic E-state index is 10.6. The molecule has 1 atom stereocenters. The summed E-state index contributed by atoms with van der Waals surface area (Å²) in [7, 11) is 0. The summed E-state index contributed by atoms with van der Waals surface area (Å²) in [6.07, 6.45) is 1.10. The molecule has 0 unspecified atom stereocenters. The van der Waals surface area contributed by atoms with Crippen LogP contribution in [0.3, 0.4) is 0 Å². The summed E-state index contributed by atoms with van der Waals surface area (Å²) in [4.78, 5) is 12.7. The lowest BCUT2D eigenvalue weighted by Gasteiger charge is -2.30. The first-order valence-corrected chi connectivity index (χ1v) is 4.73. The fourth-order valence-corrected chi connectivity index (χ4v) is 1.74. The Balaban J connectivity index is 2.26. The topological polar surface area (TPSA) is 60.8 Å². The predicted molar refractivity (Wildman–Crippen MR) is 48.5 cm³/mol. The molecule has 0 radical (unpaired) electrons. The largest absolute Gasteiger partial charge is 0.481 e. The van der Waals surface area contributed by atoms with E-state index in [4.69, 9.17) is 10.2 Å². The molecule has 0 bridgehead atoms. The third-order valence-electron chi connectivity index (χ3n) is 2.46. The van der Waals surface area contributed by atoms with Gasteiger partial charge in [-0.2, -0.15) is 0 Å². The molecule has 1 fully saturated rings. The number of aliphatic carboxylic acids is 1. The van der Waals surface area contributed by atoms with Crippen LogP contribution < -0.4 is 0 Å². The van der Waals surface area contributed by atoms with Crippen LogP contribution in [0.4, 0.5) is 0 Å². The predicted octanol–water partition coefficient (Wildman–Crippen LogP) is 0.164. The first kappa shape index (κ1) is 10.5. The van der Waals surface area contributed by atoms with Gasteiger partial charge in [-0.05, 0) is 32.9 Å². The molecule has 0 spiro atoms. The van der Waals surface area contributed by atoms with E-state index in [0.717, 1.165) is 13.1 Å². The Morgan fingerprint density at radius 3 is 2.46 bits per heavy atom. The van der Waals surface area contributed by atoms with Gasteiger partial charge in [-0.15, -0.1) is 0 Å². The number of hydrogen-bond donors (Lipinski definition) is 2. The van der Waals surface area contributed by atoms with Gasteiger partial charge in [-0.25, -0.2) is 0 Å². The third kappa shape index (κ3) is 3.32. The van der Waals surface area contributed by atoms with Gasteiger partial charge in [-0.1, -0.05) is 0 Å². The molecule has 0 aromatic rings. The summed E-state index contributed by atoms with van der Waals surface area (Å²) in [5, 5.41) is 17.9. The molecule has 4 heteroatoms. The highest BCUT2D eigenvalue weighted by Crippen LogP contribution is 2.17. The van der Waals surface area contributed by atoms with Crippen molar-refractivity contribution in [3.63, 3.8) is 0 Å². The lowest BCUT2D eigenvalue weighted by atomic mass is 9.97. The number of hydrogen-bond acceptors (Lipinski definition) is 3. The second kappa shape index (κ2) is 4.58. The van der Waals surface area contributed by atoms with Crippen molar-refractivity contribution in [3.8, 4) is 0 Å². The van der Waals surface area contributed by atoms with Crippen LogP contribution in [0.15, 0.2) is 0 Å². The van der Waals surface area contributed by atoms with Gasteiger partial charge in [0.1, 0.15) is 0 Å². The van der Waals surface area contributed by atoms with E-state index in [0.29, 0.717) is 19.4 Å². The number of carbonyl (C=O) groups is 1. The normalized spacial score (nSPS) is 22.9. The van der Waals surface area contributed by atoms with E-state index in [1.165, 1.54) is 0 Å².